The van der Waals surface area contributed by atoms with Crippen LogP contribution in [0.2, 0.25) is 0 Å². The van der Waals surface area contributed by atoms with Crippen molar-refractivity contribution in [2.45, 2.75) is 57.4 Å². The number of ketones is 1. The van der Waals surface area contributed by atoms with E-state index in [-0.39, 0.29) is 11.6 Å². The molecule has 0 saturated heterocycles. The molecule has 0 heterocycles. The van der Waals surface area contributed by atoms with Gasteiger partial charge < -0.3 is 5.32 Å². The zero-order chi connectivity index (χ0) is 18.4. The first-order valence-electron chi connectivity index (χ1n) is 9.70. The Morgan fingerprint density at radius 2 is 1.65 bits per heavy atom. The molecule has 2 aromatic carbocycles. The van der Waals surface area contributed by atoms with Crippen molar-refractivity contribution in [3.63, 3.8) is 0 Å². The average molecular weight is 353 g/mol. The van der Waals surface area contributed by atoms with E-state index >= 15 is 0 Å². The molecule has 1 saturated carbocycles. The molecule has 0 atom stereocenters. The summed E-state index contributed by atoms with van der Waals surface area (Å²) in [6.45, 7) is 3.00. The van der Waals surface area contributed by atoms with E-state index in [0.717, 1.165) is 13.0 Å². The van der Waals surface area contributed by atoms with Crippen molar-refractivity contribution in [3.8, 4) is 0 Å². The highest BCUT2D eigenvalue weighted by Crippen LogP contribution is 2.32. The molecule has 3 heteroatoms. The number of hydrogen-bond acceptors (Lipinski definition) is 2. The van der Waals surface area contributed by atoms with Crippen LogP contribution in [0, 0.1) is 12.7 Å². The number of aryl methyl sites for hydroxylation is 1. The fourth-order valence-corrected chi connectivity index (χ4v) is 3.80. The number of rotatable bonds is 7. The van der Waals surface area contributed by atoms with Crippen molar-refractivity contribution in [1.82, 2.24) is 5.32 Å². The van der Waals surface area contributed by atoms with Gasteiger partial charge in [0.2, 0.25) is 0 Å². The summed E-state index contributed by atoms with van der Waals surface area (Å²) in [4.78, 5) is 12.1. The SMILES string of the molecule is Cc1ccc(C2CCC(NCCCC(=O)c3ccc(F)cc3)CC2)cc1. The van der Waals surface area contributed by atoms with E-state index in [1.54, 1.807) is 12.1 Å². The van der Waals surface area contributed by atoms with Crippen LogP contribution in [0.4, 0.5) is 4.39 Å². The van der Waals surface area contributed by atoms with Crippen molar-refractivity contribution >= 4 is 5.78 Å². The highest BCUT2D eigenvalue weighted by Gasteiger charge is 2.21. The van der Waals surface area contributed by atoms with Crippen LogP contribution in [0.5, 0.6) is 0 Å². The van der Waals surface area contributed by atoms with Gasteiger partial charge in [-0.3, -0.25) is 4.79 Å². The minimum Gasteiger partial charge on any atom is -0.314 e. The molecule has 0 aliphatic heterocycles. The van der Waals surface area contributed by atoms with Gasteiger partial charge in [-0.1, -0.05) is 29.8 Å². The Morgan fingerprint density at radius 3 is 2.31 bits per heavy atom. The first-order valence-corrected chi connectivity index (χ1v) is 9.70. The molecule has 1 aliphatic carbocycles. The van der Waals surface area contributed by atoms with Crippen LogP contribution >= 0.6 is 0 Å². The van der Waals surface area contributed by atoms with Gasteiger partial charge in [-0.25, -0.2) is 4.39 Å². The molecule has 0 bridgehead atoms. The summed E-state index contributed by atoms with van der Waals surface area (Å²) in [7, 11) is 0. The zero-order valence-electron chi connectivity index (χ0n) is 15.5. The number of halogens is 1. The van der Waals surface area contributed by atoms with Gasteiger partial charge >= 0.3 is 0 Å². The number of nitrogens with one attached hydrogen (secondary N) is 1. The lowest BCUT2D eigenvalue weighted by Crippen LogP contribution is -2.33. The van der Waals surface area contributed by atoms with Crippen molar-refractivity contribution in [2.75, 3.05) is 6.54 Å². The summed E-state index contributed by atoms with van der Waals surface area (Å²) in [5.74, 6) is 0.480. The van der Waals surface area contributed by atoms with Gasteiger partial charge in [0.05, 0.1) is 0 Å². The minimum absolute atomic E-state index is 0.0925. The van der Waals surface area contributed by atoms with E-state index < -0.39 is 0 Å². The summed E-state index contributed by atoms with van der Waals surface area (Å²) in [6, 6.07) is 15.3. The number of carbonyl (C=O) groups excluding carboxylic acids is 1. The molecule has 0 aromatic heterocycles. The molecular weight excluding hydrogens is 325 g/mol. The van der Waals surface area contributed by atoms with Crippen molar-refractivity contribution in [2.24, 2.45) is 0 Å². The number of Topliss-reactive ketones (excluding diaryl/α,β-unsaturated/α-hetero) is 1. The highest BCUT2D eigenvalue weighted by atomic mass is 19.1. The largest absolute Gasteiger partial charge is 0.314 e. The fraction of sp³-hybridized carbons (Fsp3) is 0.435. The molecule has 1 N–H and O–H groups in total. The standard InChI is InChI=1S/C23H28FNO/c1-17-4-6-18(7-5-17)19-10-14-22(15-11-19)25-16-2-3-23(26)20-8-12-21(24)13-9-20/h4-9,12-13,19,22,25H,2-3,10-11,14-16H2,1H3. The van der Waals surface area contributed by atoms with E-state index in [1.165, 1.54) is 48.9 Å². The van der Waals surface area contributed by atoms with Crippen molar-refractivity contribution < 1.29 is 9.18 Å². The van der Waals surface area contributed by atoms with Gasteiger partial charge in [-0.05, 0) is 81.3 Å². The Balaban J connectivity index is 1.34. The van der Waals surface area contributed by atoms with Gasteiger partial charge in [0.15, 0.2) is 5.78 Å². The Morgan fingerprint density at radius 1 is 1.00 bits per heavy atom. The third-order valence-electron chi connectivity index (χ3n) is 5.46. The van der Waals surface area contributed by atoms with Crippen LogP contribution in [0.15, 0.2) is 48.5 Å². The van der Waals surface area contributed by atoms with E-state index in [0.29, 0.717) is 23.9 Å². The molecule has 138 valence electrons. The molecule has 0 unspecified atom stereocenters. The zero-order valence-corrected chi connectivity index (χ0v) is 15.5. The van der Waals surface area contributed by atoms with Crippen molar-refractivity contribution in [1.29, 1.82) is 0 Å². The molecule has 0 spiro atoms. The highest BCUT2D eigenvalue weighted by molar-refractivity contribution is 5.95. The number of carbonyl (C=O) groups is 1. The van der Waals surface area contributed by atoms with E-state index in [4.69, 9.17) is 0 Å². The maximum atomic E-state index is 12.9. The Labute approximate surface area is 155 Å². The molecule has 2 aromatic rings. The second kappa shape index (κ2) is 9.09. The van der Waals surface area contributed by atoms with Gasteiger partial charge in [0.1, 0.15) is 5.82 Å². The average Bonchev–Trinajstić information content (AvgIpc) is 2.67. The maximum absolute atomic E-state index is 12.9. The van der Waals surface area contributed by atoms with Crippen molar-refractivity contribution in [3.05, 3.63) is 71.0 Å². The summed E-state index contributed by atoms with van der Waals surface area (Å²) in [5.41, 5.74) is 3.39. The first-order chi connectivity index (χ1) is 12.6. The smallest absolute Gasteiger partial charge is 0.162 e. The first kappa shape index (κ1) is 18.8. The number of benzene rings is 2. The predicted octanol–water partition coefficient (Wildman–Crippen LogP) is 5.41. The summed E-state index contributed by atoms with van der Waals surface area (Å²) in [6.07, 6.45) is 6.20. The predicted molar refractivity (Wildman–Crippen MR) is 104 cm³/mol. The molecule has 2 nitrogen and oxygen atoms in total. The summed E-state index contributed by atoms with van der Waals surface area (Å²) < 4.78 is 12.9. The Bertz CT molecular complexity index is 700. The van der Waals surface area contributed by atoms with Crippen LogP contribution in [0.25, 0.3) is 0 Å². The lowest BCUT2D eigenvalue weighted by molar-refractivity contribution is 0.0979. The van der Waals surface area contributed by atoms with E-state index in [1.807, 2.05) is 0 Å². The normalized spacial score (nSPS) is 20.1. The monoisotopic (exact) mass is 353 g/mol. The Hall–Kier alpha value is -2.00. The van der Waals surface area contributed by atoms with E-state index in [2.05, 4.69) is 36.5 Å². The molecule has 1 aliphatic rings. The topological polar surface area (TPSA) is 29.1 Å². The Kier molecular flexibility index (Phi) is 6.56. The molecule has 0 amide bonds. The third kappa shape index (κ3) is 5.25. The summed E-state index contributed by atoms with van der Waals surface area (Å²) in [5, 5.41) is 3.61. The molecule has 1 fully saturated rings. The van der Waals surface area contributed by atoms with Crippen LogP contribution in [-0.4, -0.2) is 18.4 Å². The summed E-state index contributed by atoms with van der Waals surface area (Å²) >= 11 is 0. The van der Waals surface area contributed by atoms with Gasteiger partial charge in [0, 0.05) is 18.0 Å². The lowest BCUT2D eigenvalue weighted by atomic mass is 9.81. The fourth-order valence-electron chi connectivity index (χ4n) is 3.80. The molecule has 3 rings (SSSR count). The van der Waals surface area contributed by atoms with Gasteiger partial charge in [0.25, 0.3) is 0 Å². The second-order valence-electron chi connectivity index (χ2n) is 7.45. The molecular formula is C23H28FNO. The second-order valence-corrected chi connectivity index (χ2v) is 7.45. The number of hydrogen-bond donors (Lipinski definition) is 1. The molecule has 0 radical (unpaired) electrons. The van der Waals surface area contributed by atoms with Crippen LogP contribution in [-0.2, 0) is 0 Å². The van der Waals surface area contributed by atoms with Crippen LogP contribution < -0.4 is 5.32 Å². The van der Waals surface area contributed by atoms with Crippen LogP contribution in [0.3, 0.4) is 0 Å². The van der Waals surface area contributed by atoms with E-state index in [9.17, 15) is 9.18 Å². The molecule has 26 heavy (non-hydrogen) atoms. The third-order valence-corrected chi connectivity index (χ3v) is 5.46. The maximum Gasteiger partial charge on any atom is 0.162 e. The minimum atomic E-state index is -0.301. The quantitative estimate of drug-likeness (QED) is 0.532. The van der Waals surface area contributed by atoms with Crippen LogP contribution in [0.1, 0.15) is 65.9 Å². The van der Waals surface area contributed by atoms with Gasteiger partial charge in [-0.15, -0.1) is 0 Å². The van der Waals surface area contributed by atoms with Gasteiger partial charge in [-0.2, -0.15) is 0 Å². The lowest BCUT2D eigenvalue weighted by Gasteiger charge is -2.29.